The number of anilines is 1. The number of nitrogens with two attached hydrogens (primary N) is 1. The van der Waals surface area contributed by atoms with Crippen molar-refractivity contribution in [1.29, 1.82) is 0 Å². The van der Waals surface area contributed by atoms with Crippen LogP contribution in [-0.4, -0.2) is 27.8 Å². The Labute approximate surface area is 175 Å². The minimum absolute atomic E-state index is 0.0170. The minimum Gasteiger partial charge on any atom is -0.506 e. The molecule has 0 aliphatic rings. The van der Waals surface area contributed by atoms with E-state index in [0.717, 1.165) is 5.56 Å². The van der Waals surface area contributed by atoms with Gasteiger partial charge in [0.05, 0.1) is 27.3 Å². The molecule has 0 saturated carbocycles. The fourth-order valence-corrected chi connectivity index (χ4v) is 3.71. The zero-order chi connectivity index (χ0) is 21.1. The van der Waals surface area contributed by atoms with E-state index in [1.165, 1.54) is 29.5 Å². The summed E-state index contributed by atoms with van der Waals surface area (Å²) in [5.41, 5.74) is 9.93. The van der Waals surface area contributed by atoms with E-state index in [4.69, 9.17) is 22.4 Å². The summed E-state index contributed by atoms with van der Waals surface area (Å²) in [4.78, 5) is 23.9. The maximum absolute atomic E-state index is 12.3. The molecule has 0 spiro atoms. The molecule has 0 aliphatic heterocycles. The summed E-state index contributed by atoms with van der Waals surface area (Å²) in [6.45, 7) is 1.64. The Hall–Kier alpha value is -3.36. The van der Waals surface area contributed by atoms with Crippen LogP contribution in [0.5, 0.6) is 5.75 Å². The molecule has 2 aromatic carbocycles. The Bertz CT molecular complexity index is 1120. The van der Waals surface area contributed by atoms with Gasteiger partial charge in [-0.25, -0.2) is 10.2 Å². The predicted octanol–water partition coefficient (Wildman–Crippen LogP) is 4.21. The number of nitrogens with one attached hydrogen (secondary N) is 1. The van der Waals surface area contributed by atoms with Gasteiger partial charge in [0.1, 0.15) is 5.75 Å². The van der Waals surface area contributed by atoms with Gasteiger partial charge < -0.3 is 15.9 Å². The number of carbonyl (C=O) groups is 2. The molecule has 148 valence electrons. The number of benzene rings is 2. The van der Waals surface area contributed by atoms with Crippen molar-refractivity contribution in [3.05, 3.63) is 69.6 Å². The van der Waals surface area contributed by atoms with E-state index in [1.807, 2.05) is 0 Å². The lowest BCUT2D eigenvalue weighted by atomic mass is 10.1. The van der Waals surface area contributed by atoms with Crippen molar-refractivity contribution in [3.8, 4) is 16.2 Å². The third-order valence-corrected chi connectivity index (χ3v) is 5.40. The monoisotopic (exact) mass is 429 g/mol. The third-order valence-electron chi connectivity index (χ3n) is 4.13. The zero-order valence-corrected chi connectivity index (χ0v) is 16.7. The first-order chi connectivity index (χ1) is 13.8. The van der Waals surface area contributed by atoms with Crippen LogP contribution in [0.2, 0.25) is 5.02 Å². The quantitative estimate of drug-likeness (QED) is 0.274. The topological polar surface area (TPSA) is 125 Å². The largest absolute Gasteiger partial charge is 0.506 e. The zero-order valence-electron chi connectivity index (χ0n) is 15.1. The van der Waals surface area contributed by atoms with Gasteiger partial charge in [-0.1, -0.05) is 23.7 Å². The van der Waals surface area contributed by atoms with Gasteiger partial charge in [0.15, 0.2) is 0 Å². The van der Waals surface area contributed by atoms with Crippen LogP contribution < -0.4 is 11.2 Å². The molecule has 3 aromatic rings. The summed E-state index contributed by atoms with van der Waals surface area (Å²) >= 11 is 7.23. The van der Waals surface area contributed by atoms with E-state index < -0.39 is 11.9 Å². The van der Waals surface area contributed by atoms with E-state index in [2.05, 4.69) is 10.5 Å². The van der Waals surface area contributed by atoms with Crippen LogP contribution in [0.3, 0.4) is 0 Å². The molecule has 0 radical (unpaired) electrons. The number of aromatic hydroxyl groups is 1. The normalized spacial score (nSPS) is 11.3. The molecule has 1 heterocycles. The van der Waals surface area contributed by atoms with Gasteiger partial charge in [0.25, 0.3) is 5.91 Å². The van der Waals surface area contributed by atoms with Gasteiger partial charge in [0.2, 0.25) is 0 Å². The van der Waals surface area contributed by atoms with Crippen molar-refractivity contribution < 1.29 is 19.8 Å². The number of nitrogen functional groups attached to an aromatic ring is 1. The van der Waals surface area contributed by atoms with Crippen molar-refractivity contribution >= 4 is 46.2 Å². The molecule has 0 saturated heterocycles. The summed E-state index contributed by atoms with van der Waals surface area (Å²) in [5.74, 6) is -1.67. The summed E-state index contributed by atoms with van der Waals surface area (Å²) < 4.78 is 0. The number of aromatic carboxylic acids is 1. The van der Waals surface area contributed by atoms with E-state index >= 15 is 0 Å². The first kappa shape index (κ1) is 20.4. The standard InChI is InChI=1S/C20H16ClN3O4S/c1-10(15-9-29-18(17(15)25)11-2-5-13(21)6-3-11)23-24-19(26)14-7-4-12(20(27)28)8-16(14)22/h2-9,25H,22H2,1H3,(H,24,26)(H,27,28)/b23-10+. The smallest absolute Gasteiger partial charge is 0.335 e. The average Bonchev–Trinajstić information content (AvgIpc) is 3.07. The maximum atomic E-state index is 12.3. The molecule has 1 amide bonds. The first-order valence-electron chi connectivity index (χ1n) is 8.32. The van der Waals surface area contributed by atoms with Gasteiger partial charge in [-0.2, -0.15) is 5.10 Å². The highest BCUT2D eigenvalue weighted by Crippen LogP contribution is 2.39. The van der Waals surface area contributed by atoms with Crippen LogP contribution in [0, 0.1) is 0 Å². The Balaban J connectivity index is 1.79. The van der Waals surface area contributed by atoms with Crippen molar-refractivity contribution in [2.45, 2.75) is 6.92 Å². The summed E-state index contributed by atoms with van der Waals surface area (Å²) in [6, 6.07) is 10.9. The second-order valence-electron chi connectivity index (χ2n) is 6.08. The second kappa shape index (κ2) is 8.34. The second-order valence-corrected chi connectivity index (χ2v) is 7.40. The number of carbonyl (C=O) groups excluding carboxylic acids is 1. The van der Waals surface area contributed by atoms with Crippen LogP contribution >= 0.6 is 22.9 Å². The Morgan fingerprint density at radius 1 is 1.14 bits per heavy atom. The number of nitrogens with zero attached hydrogens (tertiary/aromatic N) is 1. The van der Waals surface area contributed by atoms with Crippen molar-refractivity contribution in [3.63, 3.8) is 0 Å². The van der Waals surface area contributed by atoms with Gasteiger partial charge >= 0.3 is 5.97 Å². The molecule has 1 aromatic heterocycles. The highest BCUT2D eigenvalue weighted by Gasteiger charge is 2.16. The average molecular weight is 430 g/mol. The number of hydrazone groups is 1. The maximum Gasteiger partial charge on any atom is 0.335 e. The lowest BCUT2D eigenvalue weighted by molar-refractivity contribution is 0.0696. The number of carboxylic acid groups (broad SMARTS) is 1. The third kappa shape index (κ3) is 4.39. The van der Waals surface area contributed by atoms with Gasteiger partial charge in [-0.05, 0) is 42.8 Å². The lowest BCUT2D eigenvalue weighted by Gasteiger charge is -2.06. The van der Waals surface area contributed by atoms with Gasteiger partial charge in [0, 0.05) is 16.1 Å². The number of halogens is 1. The van der Waals surface area contributed by atoms with E-state index in [9.17, 15) is 14.7 Å². The van der Waals surface area contributed by atoms with E-state index in [-0.39, 0.29) is 22.6 Å². The fourth-order valence-electron chi connectivity index (χ4n) is 2.57. The Kier molecular flexibility index (Phi) is 5.86. The number of hydrogen-bond donors (Lipinski definition) is 4. The van der Waals surface area contributed by atoms with E-state index in [1.54, 1.807) is 36.6 Å². The molecule has 3 rings (SSSR count). The molecule has 9 heteroatoms. The highest BCUT2D eigenvalue weighted by molar-refractivity contribution is 7.14. The molecule has 0 atom stereocenters. The van der Waals surface area contributed by atoms with Gasteiger partial charge in [-0.3, -0.25) is 4.79 Å². The number of thiophene rings is 1. The Morgan fingerprint density at radius 3 is 2.45 bits per heavy atom. The van der Waals surface area contributed by atoms with Crippen LogP contribution in [0.1, 0.15) is 33.2 Å². The predicted molar refractivity (Wildman–Crippen MR) is 114 cm³/mol. The van der Waals surface area contributed by atoms with Crippen molar-refractivity contribution in [2.24, 2.45) is 5.10 Å². The lowest BCUT2D eigenvalue weighted by Crippen LogP contribution is -2.20. The fraction of sp³-hybridized carbons (Fsp3) is 0.0500. The molecule has 0 aliphatic carbocycles. The molecule has 0 bridgehead atoms. The molecule has 0 unspecified atom stereocenters. The summed E-state index contributed by atoms with van der Waals surface area (Å²) in [6.07, 6.45) is 0. The molecule has 0 fully saturated rings. The van der Waals surface area contributed by atoms with Gasteiger partial charge in [-0.15, -0.1) is 11.3 Å². The van der Waals surface area contributed by atoms with E-state index in [0.29, 0.717) is 21.2 Å². The molecule has 7 nitrogen and oxygen atoms in total. The number of amides is 1. The number of rotatable bonds is 5. The Morgan fingerprint density at radius 2 is 1.83 bits per heavy atom. The molecular weight excluding hydrogens is 414 g/mol. The minimum atomic E-state index is -1.14. The van der Waals surface area contributed by atoms with Crippen LogP contribution in [0.15, 0.2) is 52.9 Å². The molecule has 5 N–H and O–H groups in total. The first-order valence-corrected chi connectivity index (χ1v) is 9.58. The summed E-state index contributed by atoms with van der Waals surface area (Å²) in [7, 11) is 0. The van der Waals surface area contributed by atoms with Crippen LogP contribution in [0.25, 0.3) is 10.4 Å². The van der Waals surface area contributed by atoms with Crippen molar-refractivity contribution in [2.75, 3.05) is 5.73 Å². The highest BCUT2D eigenvalue weighted by atomic mass is 35.5. The molecule has 29 heavy (non-hydrogen) atoms. The summed E-state index contributed by atoms with van der Waals surface area (Å²) in [5, 5.41) is 25.9. The van der Waals surface area contributed by atoms with Crippen molar-refractivity contribution in [1.82, 2.24) is 5.43 Å². The number of hydrogen-bond acceptors (Lipinski definition) is 6. The van der Waals surface area contributed by atoms with Crippen LogP contribution in [-0.2, 0) is 0 Å². The molecular formula is C20H16ClN3O4S. The number of carboxylic acids is 1. The van der Waals surface area contributed by atoms with Crippen LogP contribution in [0.4, 0.5) is 5.69 Å². The SMILES string of the molecule is C/C(=N\NC(=O)c1ccc(C(=O)O)cc1N)c1csc(-c2ccc(Cl)cc2)c1O.